The van der Waals surface area contributed by atoms with Crippen molar-refractivity contribution >= 4 is 23.4 Å². The predicted octanol–water partition coefficient (Wildman–Crippen LogP) is 4.79. The van der Waals surface area contributed by atoms with Crippen LogP contribution in [-0.4, -0.2) is 27.5 Å². The van der Waals surface area contributed by atoms with Crippen LogP contribution >= 0.6 is 0 Å². The summed E-state index contributed by atoms with van der Waals surface area (Å²) >= 11 is 0. The highest BCUT2D eigenvalue weighted by Crippen LogP contribution is 2.27. The van der Waals surface area contributed by atoms with Crippen LogP contribution < -0.4 is 5.32 Å². The minimum Gasteiger partial charge on any atom is -0.445 e. The molecule has 0 amide bonds. The fraction of sp³-hybridized carbons (Fsp3) is 0.0909. The second kappa shape index (κ2) is 8.33. The summed E-state index contributed by atoms with van der Waals surface area (Å²) < 4.78 is 30.0. The third kappa shape index (κ3) is 4.41. The number of aromatic nitrogens is 3. The molecule has 1 atom stereocenters. The lowest BCUT2D eigenvalue weighted by Gasteiger charge is -2.09. The molecule has 154 valence electrons. The summed E-state index contributed by atoms with van der Waals surface area (Å²) in [4.78, 5) is 16.9. The van der Waals surface area contributed by atoms with E-state index in [1.54, 1.807) is 30.6 Å². The van der Waals surface area contributed by atoms with Gasteiger partial charge in [-0.05, 0) is 24.3 Å². The SMILES string of the molecule is Fc1cccc(C2OCC(=Nc3ccnc(Nc4cccc(-c5cnco5)c4)n3)O2)c1. The summed E-state index contributed by atoms with van der Waals surface area (Å²) in [6.45, 7) is 0.160. The second-order valence-electron chi connectivity index (χ2n) is 6.63. The number of nitrogens with zero attached hydrogens (tertiary/aromatic N) is 4. The molecule has 0 bridgehead atoms. The molecule has 31 heavy (non-hydrogen) atoms. The number of oxazole rings is 1. The summed E-state index contributed by atoms with van der Waals surface area (Å²) in [5.41, 5.74) is 2.24. The molecule has 1 unspecified atom stereocenters. The van der Waals surface area contributed by atoms with Gasteiger partial charge in [0.1, 0.15) is 12.4 Å². The molecule has 0 spiro atoms. The largest absolute Gasteiger partial charge is 0.445 e. The Labute approximate surface area is 176 Å². The fourth-order valence-corrected chi connectivity index (χ4v) is 3.05. The maximum absolute atomic E-state index is 13.4. The number of halogens is 1. The van der Waals surface area contributed by atoms with Gasteiger partial charge in [0.15, 0.2) is 18.0 Å². The van der Waals surface area contributed by atoms with Crippen LogP contribution in [0.5, 0.6) is 0 Å². The van der Waals surface area contributed by atoms with E-state index < -0.39 is 6.29 Å². The van der Waals surface area contributed by atoms with Crippen LogP contribution in [0, 0.1) is 5.82 Å². The van der Waals surface area contributed by atoms with Gasteiger partial charge in [-0.25, -0.2) is 14.4 Å². The zero-order chi connectivity index (χ0) is 21.0. The Morgan fingerprint density at radius 3 is 2.90 bits per heavy atom. The molecule has 0 radical (unpaired) electrons. The van der Waals surface area contributed by atoms with Gasteiger partial charge in [-0.1, -0.05) is 24.3 Å². The van der Waals surface area contributed by atoms with Crippen molar-refractivity contribution in [2.45, 2.75) is 6.29 Å². The van der Waals surface area contributed by atoms with Gasteiger partial charge >= 0.3 is 0 Å². The van der Waals surface area contributed by atoms with Crippen LogP contribution in [0.2, 0.25) is 0 Å². The standard InChI is InChI=1S/C22H16FN5O3/c23-16-5-1-4-15(9-16)21-29-12-20(31-21)27-19-7-8-25-22(28-19)26-17-6-2-3-14(10-17)18-11-24-13-30-18/h1-11,13,21H,12H2,(H,25,26,28). The van der Waals surface area contributed by atoms with Crippen LogP contribution in [0.1, 0.15) is 11.9 Å². The molecular formula is C22H16FN5O3. The van der Waals surface area contributed by atoms with Gasteiger partial charge in [0.2, 0.25) is 18.1 Å². The molecule has 1 aliphatic heterocycles. The van der Waals surface area contributed by atoms with E-state index in [-0.39, 0.29) is 12.4 Å². The number of nitrogens with one attached hydrogen (secondary N) is 1. The normalized spacial score (nSPS) is 16.9. The lowest BCUT2D eigenvalue weighted by Crippen LogP contribution is -2.01. The molecule has 8 nitrogen and oxygen atoms in total. The maximum Gasteiger partial charge on any atom is 0.229 e. The number of benzene rings is 2. The Hall–Kier alpha value is -4.11. The lowest BCUT2D eigenvalue weighted by atomic mass is 10.1. The van der Waals surface area contributed by atoms with E-state index >= 15 is 0 Å². The van der Waals surface area contributed by atoms with E-state index in [0.717, 1.165) is 11.3 Å². The summed E-state index contributed by atoms with van der Waals surface area (Å²) in [6, 6.07) is 15.3. The summed E-state index contributed by atoms with van der Waals surface area (Å²) in [7, 11) is 0. The Morgan fingerprint density at radius 2 is 2.03 bits per heavy atom. The monoisotopic (exact) mass is 417 g/mol. The van der Waals surface area contributed by atoms with E-state index in [1.165, 1.54) is 18.5 Å². The first-order valence-electron chi connectivity index (χ1n) is 9.43. The molecule has 1 N–H and O–H groups in total. The zero-order valence-electron chi connectivity index (χ0n) is 16.1. The number of ether oxygens (including phenoxy) is 2. The van der Waals surface area contributed by atoms with Crippen molar-refractivity contribution in [2.75, 3.05) is 11.9 Å². The van der Waals surface area contributed by atoms with Gasteiger partial charge < -0.3 is 19.2 Å². The Bertz CT molecular complexity index is 1230. The fourth-order valence-electron chi connectivity index (χ4n) is 3.05. The van der Waals surface area contributed by atoms with Gasteiger partial charge in [0.25, 0.3) is 0 Å². The maximum atomic E-state index is 13.4. The molecule has 0 saturated carbocycles. The number of anilines is 2. The molecule has 1 aliphatic rings. The first-order valence-corrected chi connectivity index (χ1v) is 9.43. The number of aliphatic imine (C=N–C) groups is 1. The Morgan fingerprint density at radius 1 is 1.10 bits per heavy atom. The minimum absolute atomic E-state index is 0.160. The van der Waals surface area contributed by atoms with Crippen LogP contribution in [0.3, 0.4) is 0 Å². The molecule has 2 aromatic carbocycles. The predicted molar refractivity (Wildman–Crippen MR) is 111 cm³/mol. The van der Waals surface area contributed by atoms with Crippen molar-refractivity contribution in [3.63, 3.8) is 0 Å². The number of hydrogen-bond donors (Lipinski definition) is 1. The van der Waals surface area contributed by atoms with E-state index in [4.69, 9.17) is 13.9 Å². The van der Waals surface area contributed by atoms with E-state index in [0.29, 0.717) is 29.0 Å². The quantitative estimate of drug-likeness (QED) is 0.499. The molecule has 2 aromatic heterocycles. The van der Waals surface area contributed by atoms with Gasteiger partial charge in [0.05, 0.1) is 6.20 Å². The van der Waals surface area contributed by atoms with Crippen LogP contribution in [0.4, 0.5) is 21.8 Å². The topological polar surface area (TPSA) is 94.7 Å². The smallest absolute Gasteiger partial charge is 0.229 e. The summed E-state index contributed by atoms with van der Waals surface area (Å²) in [5.74, 6) is 1.44. The van der Waals surface area contributed by atoms with Crippen molar-refractivity contribution in [1.29, 1.82) is 0 Å². The highest BCUT2D eigenvalue weighted by Gasteiger charge is 2.25. The van der Waals surface area contributed by atoms with Crippen LogP contribution in [-0.2, 0) is 9.47 Å². The van der Waals surface area contributed by atoms with Gasteiger partial charge in [-0.3, -0.25) is 0 Å². The molecule has 0 aliphatic carbocycles. The van der Waals surface area contributed by atoms with E-state index in [9.17, 15) is 4.39 Å². The van der Waals surface area contributed by atoms with Crippen LogP contribution in [0.15, 0.2) is 82.8 Å². The first kappa shape index (κ1) is 18.9. The summed E-state index contributed by atoms with van der Waals surface area (Å²) in [5, 5.41) is 3.15. The van der Waals surface area contributed by atoms with Gasteiger partial charge in [-0.15, -0.1) is 0 Å². The molecule has 1 fully saturated rings. The number of rotatable bonds is 5. The Balaban J connectivity index is 1.30. The minimum atomic E-state index is -0.701. The van der Waals surface area contributed by atoms with Gasteiger partial charge in [-0.2, -0.15) is 9.98 Å². The average Bonchev–Trinajstić information content (AvgIpc) is 3.47. The molecular weight excluding hydrogens is 401 g/mol. The third-order valence-corrected chi connectivity index (χ3v) is 4.44. The first-order chi connectivity index (χ1) is 15.2. The number of hydrogen-bond acceptors (Lipinski definition) is 8. The van der Waals surface area contributed by atoms with E-state index in [2.05, 4.69) is 25.3 Å². The molecule has 3 heterocycles. The highest BCUT2D eigenvalue weighted by atomic mass is 19.1. The highest BCUT2D eigenvalue weighted by molar-refractivity contribution is 5.81. The third-order valence-electron chi connectivity index (χ3n) is 4.44. The van der Waals surface area contributed by atoms with Crippen molar-refractivity contribution in [3.05, 3.63) is 84.8 Å². The van der Waals surface area contributed by atoms with Crippen LogP contribution in [0.25, 0.3) is 11.3 Å². The van der Waals surface area contributed by atoms with Crippen molar-refractivity contribution in [3.8, 4) is 11.3 Å². The Kier molecular flexibility index (Phi) is 5.07. The molecule has 4 aromatic rings. The van der Waals surface area contributed by atoms with Crippen molar-refractivity contribution in [1.82, 2.24) is 15.0 Å². The van der Waals surface area contributed by atoms with E-state index in [1.807, 2.05) is 24.3 Å². The van der Waals surface area contributed by atoms with Crippen molar-refractivity contribution < 1.29 is 18.3 Å². The second-order valence-corrected chi connectivity index (χ2v) is 6.63. The van der Waals surface area contributed by atoms with Crippen molar-refractivity contribution in [2.24, 2.45) is 4.99 Å². The zero-order valence-corrected chi connectivity index (χ0v) is 16.1. The van der Waals surface area contributed by atoms with Gasteiger partial charge in [0, 0.05) is 29.1 Å². The lowest BCUT2D eigenvalue weighted by molar-refractivity contribution is -0.0246. The molecule has 1 saturated heterocycles. The average molecular weight is 417 g/mol. The summed E-state index contributed by atoms with van der Waals surface area (Å²) in [6.07, 6.45) is 3.92. The molecule has 9 heteroatoms. The molecule has 5 rings (SSSR count).